The Kier molecular flexibility index (Phi) is 11.1. The number of thiol groups is 2. The van der Waals surface area contributed by atoms with Crippen molar-refractivity contribution in [3.63, 3.8) is 0 Å². The van der Waals surface area contributed by atoms with Crippen molar-refractivity contribution >= 4 is 46.2 Å². The first kappa shape index (κ1) is 21.2. The van der Waals surface area contributed by atoms with E-state index in [-0.39, 0.29) is 20.9 Å². The monoisotopic (exact) mass is 492 g/mol. The van der Waals surface area contributed by atoms with Crippen LogP contribution in [-0.4, -0.2) is 44.6 Å². The van der Waals surface area contributed by atoms with E-state index < -0.39 is 0 Å². The molecular weight excluding hydrogens is 464 g/mol. The molecule has 0 aliphatic rings. The van der Waals surface area contributed by atoms with Gasteiger partial charge in [0.1, 0.15) is 0 Å². The Hall–Kier alpha value is -0.150. The first-order valence-electron chi connectivity index (χ1n) is 8.41. The van der Waals surface area contributed by atoms with Crippen LogP contribution in [0.1, 0.15) is 11.1 Å². The molecule has 0 amide bonds. The molecule has 0 saturated carbocycles. The molecular formula is C20H26O2S2Te. The molecule has 25 heavy (non-hydrogen) atoms. The van der Waals surface area contributed by atoms with Crippen LogP contribution in [0.5, 0.6) is 0 Å². The van der Waals surface area contributed by atoms with Crippen LogP contribution in [0, 0.1) is 0 Å². The van der Waals surface area contributed by atoms with Gasteiger partial charge in [-0.15, -0.1) is 0 Å². The third-order valence-electron chi connectivity index (χ3n) is 3.46. The number of ether oxygens (including phenoxy) is 2. The number of benzene rings is 2. The van der Waals surface area contributed by atoms with Gasteiger partial charge in [-0.1, -0.05) is 0 Å². The van der Waals surface area contributed by atoms with Gasteiger partial charge in [0.2, 0.25) is 0 Å². The molecule has 0 spiro atoms. The summed E-state index contributed by atoms with van der Waals surface area (Å²) in [6.45, 7) is 2.76. The Labute approximate surface area is 172 Å². The van der Waals surface area contributed by atoms with E-state index in [1.807, 2.05) is 36.4 Å². The Morgan fingerprint density at radius 2 is 1.08 bits per heavy atom. The molecule has 2 unspecified atom stereocenters. The maximum absolute atomic E-state index is 5.75. The quantitative estimate of drug-likeness (QED) is 0.336. The first-order chi connectivity index (χ1) is 12.2. The number of hydrogen-bond donors (Lipinski definition) is 2. The zero-order valence-corrected chi connectivity index (χ0v) is 18.4. The van der Waals surface area contributed by atoms with Gasteiger partial charge in [-0.25, -0.2) is 0 Å². The van der Waals surface area contributed by atoms with Crippen molar-refractivity contribution < 1.29 is 9.47 Å². The standard InChI is InChI=1S/C20H26O2S2Te/c23-19(13-21-11-17-7-3-1-4-8-17)15-25-16-20(24)14-22-12-18-9-5-2-6-10-18/h1-10,19-20,23-24H,11-16H2. The molecule has 0 heterocycles. The first-order valence-corrected chi connectivity index (χ1v) is 12.7. The molecule has 2 atom stereocenters. The number of rotatable bonds is 12. The van der Waals surface area contributed by atoms with Gasteiger partial charge >= 0.3 is 173 Å². The molecule has 0 aromatic heterocycles. The third kappa shape index (κ3) is 9.94. The summed E-state index contributed by atoms with van der Waals surface area (Å²) >= 11 is 9.20. The van der Waals surface area contributed by atoms with Gasteiger partial charge in [-0.3, -0.25) is 0 Å². The summed E-state index contributed by atoms with van der Waals surface area (Å²) in [5.74, 6) is 0. The van der Waals surface area contributed by atoms with Crippen molar-refractivity contribution in [2.45, 2.75) is 32.7 Å². The second kappa shape index (κ2) is 13.1. The summed E-state index contributed by atoms with van der Waals surface area (Å²) in [6, 6.07) is 20.5. The van der Waals surface area contributed by atoms with E-state index in [0.29, 0.717) is 36.9 Å². The van der Waals surface area contributed by atoms with E-state index in [9.17, 15) is 0 Å². The van der Waals surface area contributed by atoms with Crippen LogP contribution in [0.2, 0.25) is 8.94 Å². The SMILES string of the molecule is SC(COCc1ccccc1)C[Te]CC(S)COCc1ccccc1. The van der Waals surface area contributed by atoms with Gasteiger partial charge in [0.05, 0.1) is 0 Å². The average Bonchev–Trinajstić information content (AvgIpc) is 2.63. The molecule has 0 radical (unpaired) electrons. The van der Waals surface area contributed by atoms with Crippen LogP contribution in [0.25, 0.3) is 0 Å². The minimum absolute atomic E-state index is 0.0968. The number of hydrogen-bond acceptors (Lipinski definition) is 4. The summed E-state index contributed by atoms with van der Waals surface area (Å²) in [5.41, 5.74) is 2.43. The second-order valence-corrected chi connectivity index (χ2v) is 10.4. The molecule has 0 aliphatic carbocycles. The van der Waals surface area contributed by atoms with Crippen LogP contribution < -0.4 is 0 Å². The Balaban J connectivity index is 1.48. The van der Waals surface area contributed by atoms with E-state index in [1.54, 1.807) is 0 Å². The van der Waals surface area contributed by atoms with Gasteiger partial charge < -0.3 is 0 Å². The van der Waals surface area contributed by atoms with Gasteiger partial charge in [0, 0.05) is 0 Å². The van der Waals surface area contributed by atoms with Crippen LogP contribution in [0.4, 0.5) is 0 Å². The predicted octanol–water partition coefficient (Wildman–Crippen LogP) is 4.56. The van der Waals surface area contributed by atoms with E-state index in [0.717, 1.165) is 0 Å². The minimum atomic E-state index is -0.0968. The molecule has 2 aromatic carbocycles. The molecule has 0 N–H and O–H groups in total. The summed E-state index contributed by atoms with van der Waals surface area (Å²) in [7, 11) is 0. The molecule has 0 saturated heterocycles. The van der Waals surface area contributed by atoms with Crippen molar-refractivity contribution in [3.8, 4) is 0 Å². The van der Waals surface area contributed by atoms with E-state index in [2.05, 4.69) is 49.5 Å². The van der Waals surface area contributed by atoms with Crippen LogP contribution in [0.3, 0.4) is 0 Å². The zero-order valence-electron chi connectivity index (χ0n) is 14.3. The second-order valence-electron chi connectivity index (χ2n) is 5.85. The van der Waals surface area contributed by atoms with Crippen molar-refractivity contribution in [3.05, 3.63) is 71.8 Å². The Bertz CT molecular complexity index is 517. The molecule has 136 valence electrons. The van der Waals surface area contributed by atoms with Crippen molar-refractivity contribution in [1.82, 2.24) is 0 Å². The topological polar surface area (TPSA) is 18.5 Å². The Morgan fingerprint density at radius 1 is 0.680 bits per heavy atom. The maximum atomic E-state index is 5.75. The fraction of sp³-hybridized carbons (Fsp3) is 0.400. The van der Waals surface area contributed by atoms with Crippen molar-refractivity contribution in [2.24, 2.45) is 0 Å². The predicted molar refractivity (Wildman–Crippen MR) is 113 cm³/mol. The van der Waals surface area contributed by atoms with Crippen LogP contribution in [-0.2, 0) is 22.7 Å². The summed E-state index contributed by atoms with van der Waals surface area (Å²) in [4.78, 5) is 0. The molecule has 0 aliphatic heterocycles. The molecule has 5 heteroatoms. The zero-order chi connectivity index (χ0) is 17.7. The molecule has 2 nitrogen and oxygen atoms in total. The molecule has 2 aromatic rings. The van der Waals surface area contributed by atoms with Crippen LogP contribution in [0.15, 0.2) is 60.7 Å². The van der Waals surface area contributed by atoms with Gasteiger partial charge in [-0.05, 0) is 0 Å². The van der Waals surface area contributed by atoms with E-state index in [4.69, 9.17) is 9.47 Å². The molecule has 0 fully saturated rings. The van der Waals surface area contributed by atoms with Gasteiger partial charge in [-0.2, -0.15) is 0 Å². The van der Waals surface area contributed by atoms with Gasteiger partial charge in [0.15, 0.2) is 0 Å². The average molecular weight is 490 g/mol. The molecule has 2 rings (SSSR count). The van der Waals surface area contributed by atoms with E-state index in [1.165, 1.54) is 20.1 Å². The summed E-state index contributed by atoms with van der Waals surface area (Å²) in [6.07, 6.45) is 0. The fourth-order valence-electron chi connectivity index (χ4n) is 2.21. The van der Waals surface area contributed by atoms with Gasteiger partial charge in [0.25, 0.3) is 0 Å². The van der Waals surface area contributed by atoms with Crippen LogP contribution >= 0.6 is 25.3 Å². The summed E-state index contributed by atoms with van der Waals surface area (Å²) in [5, 5.41) is 0.661. The summed E-state index contributed by atoms with van der Waals surface area (Å²) < 4.78 is 13.8. The third-order valence-corrected chi connectivity index (χ3v) is 9.30. The Morgan fingerprint density at radius 3 is 1.48 bits per heavy atom. The normalized spacial score (nSPS) is 13.5. The van der Waals surface area contributed by atoms with E-state index >= 15 is 0 Å². The van der Waals surface area contributed by atoms with Crippen molar-refractivity contribution in [1.29, 1.82) is 0 Å². The molecule has 0 bridgehead atoms. The van der Waals surface area contributed by atoms with Crippen molar-refractivity contribution in [2.75, 3.05) is 13.2 Å². The fourth-order valence-corrected chi connectivity index (χ4v) is 6.33.